The number of halogens is 1. The Kier molecular flexibility index (Phi) is 4.07. The third kappa shape index (κ3) is 2.59. The van der Waals surface area contributed by atoms with E-state index in [1.54, 1.807) is 0 Å². The number of aliphatic hydroxyl groups is 1. The molecule has 0 amide bonds. The highest BCUT2D eigenvalue weighted by Crippen LogP contribution is 2.36. The van der Waals surface area contributed by atoms with Crippen molar-refractivity contribution in [3.05, 3.63) is 17.0 Å². The molecule has 0 aliphatic carbocycles. The van der Waals surface area contributed by atoms with Gasteiger partial charge in [-0.05, 0) is 18.3 Å². The minimum absolute atomic E-state index is 0.115. The number of aliphatic hydroxyl groups excluding tert-OH is 1. The number of anilines is 1. The highest BCUT2D eigenvalue weighted by molar-refractivity contribution is 6.30. The van der Waals surface area contributed by atoms with E-state index in [0.717, 1.165) is 31.7 Å². The fourth-order valence-electron chi connectivity index (χ4n) is 2.40. The molecule has 0 spiro atoms. The van der Waals surface area contributed by atoms with Gasteiger partial charge in [-0.3, -0.25) is 0 Å². The first kappa shape index (κ1) is 13.6. The Hall–Kier alpha value is -0.870. The Morgan fingerprint density at radius 3 is 2.61 bits per heavy atom. The summed E-state index contributed by atoms with van der Waals surface area (Å²) in [5.41, 5.74) is 1.08. The minimum Gasteiger partial charge on any atom is -0.391 e. The van der Waals surface area contributed by atoms with E-state index in [-0.39, 0.29) is 6.61 Å². The molecule has 1 aliphatic rings. The molecule has 5 heteroatoms. The van der Waals surface area contributed by atoms with Crippen LogP contribution in [0.25, 0.3) is 0 Å². The topological polar surface area (TPSA) is 49.2 Å². The average molecular weight is 270 g/mol. The second-order valence-corrected chi connectivity index (χ2v) is 5.63. The maximum absolute atomic E-state index is 9.39. The third-order valence-electron chi connectivity index (χ3n) is 4.15. The molecule has 18 heavy (non-hydrogen) atoms. The van der Waals surface area contributed by atoms with Gasteiger partial charge in [0, 0.05) is 13.1 Å². The van der Waals surface area contributed by atoms with E-state index in [1.165, 1.54) is 12.7 Å². The fraction of sp³-hybridized carbons (Fsp3) is 0.692. The molecule has 0 atom stereocenters. The molecule has 0 saturated carbocycles. The first-order valence-electron chi connectivity index (χ1n) is 6.45. The lowest BCUT2D eigenvalue weighted by atomic mass is 9.78. The molecule has 1 N–H and O–H groups in total. The van der Waals surface area contributed by atoms with Gasteiger partial charge < -0.3 is 10.0 Å². The van der Waals surface area contributed by atoms with Gasteiger partial charge in [-0.1, -0.05) is 31.9 Å². The Labute approximate surface area is 113 Å². The highest BCUT2D eigenvalue weighted by Gasteiger charge is 2.29. The lowest BCUT2D eigenvalue weighted by Crippen LogP contribution is -2.39. The van der Waals surface area contributed by atoms with Gasteiger partial charge in [-0.15, -0.1) is 0 Å². The van der Waals surface area contributed by atoms with Gasteiger partial charge in [0.15, 0.2) is 0 Å². The lowest BCUT2D eigenvalue weighted by molar-refractivity contribution is 0.236. The summed E-state index contributed by atoms with van der Waals surface area (Å²) in [6.07, 6.45) is 4.97. The van der Waals surface area contributed by atoms with E-state index in [1.807, 2.05) is 0 Å². The van der Waals surface area contributed by atoms with Crippen molar-refractivity contribution >= 4 is 17.4 Å². The summed E-state index contributed by atoms with van der Waals surface area (Å²) in [5, 5.41) is 9.74. The molecular formula is C13H20ClN3O. The standard InChI is InChI=1S/C13H20ClN3O/c1-3-13(2)4-6-17(7-5-13)12-10(8-18)11(14)15-9-16-12/h9,18H,3-8H2,1-2H3. The Bertz CT molecular complexity index is 417. The summed E-state index contributed by atoms with van der Waals surface area (Å²) in [7, 11) is 0. The lowest BCUT2D eigenvalue weighted by Gasteiger charge is -2.39. The van der Waals surface area contributed by atoms with E-state index in [4.69, 9.17) is 11.6 Å². The maximum Gasteiger partial charge on any atom is 0.140 e. The Morgan fingerprint density at radius 1 is 1.39 bits per heavy atom. The van der Waals surface area contributed by atoms with Crippen molar-refractivity contribution in [2.45, 2.75) is 39.7 Å². The van der Waals surface area contributed by atoms with Crippen LogP contribution in [0.1, 0.15) is 38.7 Å². The highest BCUT2D eigenvalue weighted by atomic mass is 35.5. The number of nitrogens with zero attached hydrogens (tertiary/aromatic N) is 3. The van der Waals surface area contributed by atoms with Crippen LogP contribution in [0.15, 0.2) is 6.33 Å². The summed E-state index contributed by atoms with van der Waals surface area (Å²) < 4.78 is 0. The maximum atomic E-state index is 9.39. The summed E-state index contributed by atoms with van der Waals surface area (Å²) in [6.45, 7) is 6.40. The average Bonchev–Trinajstić information content (AvgIpc) is 2.39. The summed E-state index contributed by atoms with van der Waals surface area (Å²) in [6, 6.07) is 0. The molecular weight excluding hydrogens is 250 g/mol. The van der Waals surface area contributed by atoms with Crippen molar-refractivity contribution in [1.82, 2.24) is 9.97 Å². The molecule has 2 heterocycles. The zero-order valence-electron chi connectivity index (χ0n) is 11.0. The second kappa shape index (κ2) is 5.41. The quantitative estimate of drug-likeness (QED) is 0.857. The molecule has 100 valence electrons. The molecule has 1 aliphatic heterocycles. The molecule has 1 saturated heterocycles. The molecule has 4 nitrogen and oxygen atoms in total. The van der Waals surface area contributed by atoms with E-state index in [2.05, 4.69) is 28.7 Å². The summed E-state index contributed by atoms with van der Waals surface area (Å²) in [4.78, 5) is 10.4. The van der Waals surface area contributed by atoms with Crippen molar-refractivity contribution in [2.24, 2.45) is 5.41 Å². The molecule has 0 radical (unpaired) electrons. The number of hydrogen-bond donors (Lipinski definition) is 1. The van der Waals surface area contributed by atoms with Crippen molar-refractivity contribution in [1.29, 1.82) is 0 Å². The van der Waals surface area contributed by atoms with Crippen molar-refractivity contribution in [3.8, 4) is 0 Å². The van der Waals surface area contributed by atoms with Gasteiger partial charge in [-0.25, -0.2) is 9.97 Å². The van der Waals surface area contributed by atoms with Gasteiger partial charge in [0.1, 0.15) is 17.3 Å². The van der Waals surface area contributed by atoms with Crippen LogP contribution in [0.5, 0.6) is 0 Å². The number of rotatable bonds is 3. The molecule has 1 aromatic heterocycles. The van der Waals surface area contributed by atoms with Crippen LogP contribution in [0.2, 0.25) is 5.15 Å². The van der Waals surface area contributed by atoms with Crippen LogP contribution in [0.4, 0.5) is 5.82 Å². The van der Waals surface area contributed by atoms with E-state index in [9.17, 15) is 5.11 Å². The van der Waals surface area contributed by atoms with Gasteiger partial charge >= 0.3 is 0 Å². The number of piperidine rings is 1. The zero-order valence-corrected chi connectivity index (χ0v) is 11.7. The van der Waals surface area contributed by atoms with Crippen LogP contribution in [-0.2, 0) is 6.61 Å². The van der Waals surface area contributed by atoms with Crippen molar-refractivity contribution < 1.29 is 5.11 Å². The Morgan fingerprint density at radius 2 is 2.06 bits per heavy atom. The monoisotopic (exact) mass is 269 g/mol. The molecule has 0 aromatic carbocycles. The normalized spacial score (nSPS) is 19.0. The molecule has 0 unspecified atom stereocenters. The predicted octanol–water partition coefficient (Wildman–Crippen LogP) is 2.64. The largest absolute Gasteiger partial charge is 0.391 e. The van der Waals surface area contributed by atoms with E-state index < -0.39 is 0 Å². The smallest absolute Gasteiger partial charge is 0.140 e. The molecule has 1 aromatic rings. The van der Waals surface area contributed by atoms with Crippen LogP contribution in [0, 0.1) is 5.41 Å². The van der Waals surface area contributed by atoms with Crippen LogP contribution in [-0.4, -0.2) is 28.2 Å². The third-order valence-corrected chi connectivity index (χ3v) is 4.48. The molecule has 0 bridgehead atoms. The van der Waals surface area contributed by atoms with Crippen LogP contribution >= 0.6 is 11.6 Å². The number of aromatic nitrogens is 2. The minimum atomic E-state index is -0.115. The van der Waals surface area contributed by atoms with Crippen molar-refractivity contribution in [3.63, 3.8) is 0 Å². The SMILES string of the molecule is CCC1(C)CCN(c2ncnc(Cl)c2CO)CC1. The first-order valence-corrected chi connectivity index (χ1v) is 6.82. The molecule has 1 fully saturated rings. The first-order chi connectivity index (χ1) is 8.59. The summed E-state index contributed by atoms with van der Waals surface area (Å²) >= 11 is 5.99. The van der Waals surface area contributed by atoms with Gasteiger partial charge in [-0.2, -0.15) is 0 Å². The van der Waals surface area contributed by atoms with Crippen molar-refractivity contribution in [2.75, 3.05) is 18.0 Å². The number of hydrogen-bond acceptors (Lipinski definition) is 4. The van der Waals surface area contributed by atoms with Gasteiger partial charge in [0.25, 0.3) is 0 Å². The second-order valence-electron chi connectivity index (χ2n) is 5.28. The van der Waals surface area contributed by atoms with E-state index in [0.29, 0.717) is 16.1 Å². The summed E-state index contributed by atoms with van der Waals surface area (Å²) in [5.74, 6) is 0.788. The van der Waals surface area contributed by atoms with Gasteiger partial charge in [0.2, 0.25) is 0 Å². The fourth-order valence-corrected chi connectivity index (χ4v) is 2.59. The molecule has 2 rings (SSSR count). The van der Waals surface area contributed by atoms with Crippen LogP contribution in [0.3, 0.4) is 0 Å². The Balaban J connectivity index is 2.17. The van der Waals surface area contributed by atoms with Crippen LogP contribution < -0.4 is 4.90 Å². The predicted molar refractivity (Wildman–Crippen MR) is 72.8 cm³/mol. The van der Waals surface area contributed by atoms with Gasteiger partial charge in [0.05, 0.1) is 12.2 Å². The van der Waals surface area contributed by atoms with E-state index >= 15 is 0 Å². The zero-order chi connectivity index (χ0) is 13.2.